The second-order valence-corrected chi connectivity index (χ2v) is 4.96. The zero-order valence-electron chi connectivity index (χ0n) is 12.6. The Balaban J connectivity index is 2.50. The van der Waals surface area contributed by atoms with Crippen LogP contribution in [-0.2, 0) is 23.9 Å². The molecule has 6 heteroatoms. The molecule has 0 bridgehead atoms. The average molecular weight is 305 g/mol. The van der Waals surface area contributed by atoms with Gasteiger partial charge in [0.2, 0.25) is 11.4 Å². The lowest BCUT2D eigenvalue weighted by atomic mass is 9.80. The van der Waals surface area contributed by atoms with Gasteiger partial charge >= 0.3 is 11.9 Å². The molecule has 0 aliphatic carbocycles. The van der Waals surface area contributed by atoms with Crippen molar-refractivity contribution in [1.82, 2.24) is 5.32 Å². The van der Waals surface area contributed by atoms with Gasteiger partial charge in [0.15, 0.2) is 0 Å². The van der Waals surface area contributed by atoms with Crippen molar-refractivity contribution in [2.75, 3.05) is 13.2 Å². The average Bonchev–Trinajstić information content (AvgIpc) is 2.87. The van der Waals surface area contributed by atoms with E-state index in [1.807, 2.05) is 6.07 Å². The normalized spacial score (nSPS) is 19.4. The minimum Gasteiger partial charge on any atom is -0.464 e. The highest BCUT2D eigenvalue weighted by atomic mass is 16.6. The predicted octanol–water partition coefficient (Wildman–Crippen LogP) is 1.16. The Kier molecular flexibility index (Phi) is 4.80. The number of ether oxygens (including phenoxy) is 2. The molecule has 1 N–H and O–H groups in total. The Morgan fingerprint density at radius 1 is 1.14 bits per heavy atom. The first-order valence-electron chi connectivity index (χ1n) is 7.26. The van der Waals surface area contributed by atoms with E-state index in [2.05, 4.69) is 5.32 Å². The van der Waals surface area contributed by atoms with E-state index in [4.69, 9.17) is 9.47 Å². The second-order valence-electron chi connectivity index (χ2n) is 4.96. The molecule has 1 saturated heterocycles. The molecule has 1 aliphatic heterocycles. The lowest BCUT2D eigenvalue weighted by molar-refractivity contribution is -0.167. The summed E-state index contributed by atoms with van der Waals surface area (Å²) in [6, 6.07) is 8.96. The number of esters is 2. The van der Waals surface area contributed by atoms with Gasteiger partial charge in [-0.2, -0.15) is 0 Å². The van der Waals surface area contributed by atoms with Gasteiger partial charge in [-0.15, -0.1) is 0 Å². The van der Waals surface area contributed by atoms with E-state index in [0.717, 1.165) is 0 Å². The Morgan fingerprint density at radius 3 is 2.18 bits per heavy atom. The number of carbonyl (C=O) groups excluding carboxylic acids is 3. The number of carbonyl (C=O) groups is 3. The maximum Gasteiger partial charge on any atom is 0.344 e. The van der Waals surface area contributed by atoms with Gasteiger partial charge < -0.3 is 14.8 Å². The van der Waals surface area contributed by atoms with E-state index in [-0.39, 0.29) is 25.5 Å². The monoisotopic (exact) mass is 305 g/mol. The molecule has 1 fully saturated rings. The maximum absolute atomic E-state index is 12.5. The number of hydrogen-bond acceptors (Lipinski definition) is 5. The summed E-state index contributed by atoms with van der Waals surface area (Å²) >= 11 is 0. The van der Waals surface area contributed by atoms with E-state index in [9.17, 15) is 14.4 Å². The maximum atomic E-state index is 12.5. The first-order valence-corrected chi connectivity index (χ1v) is 7.26. The Labute approximate surface area is 128 Å². The molecule has 1 heterocycles. The fourth-order valence-electron chi connectivity index (χ4n) is 2.71. The molecule has 0 radical (unpaired) electrons. The molecule has 0 spiro atoms. The first kappa shape index (κ1) is 16.0. The van der Waals surface area contributed by atoms with Crippen molar-refractivity contribution < 1.29 is 23.9 Å². The molecule has 118 valence electrons. The van der Waals surface area contributed by atoms with Gasteiger partial charge in [-0.1, -0.05) is 30.3 Å². The third-order valence-corrected chi connectivity index (χ3v) is 3.65. The van der Waals surface area contributed by atoms with Gasteiger partial charge in [0.1, 0.15) is 0 Å². The van der Waals surface area contributed by atoms with Crippen LogP contribution in [0.2, 0.25) is 0 Å². The summed E-state index contributed by atoms with van der Waals surface area (Å²) in [5, 5.41) is 2.50. The van der Waals surface area contributed by atoms with Crippen LogP contribution in [0, 0.1) is 0 Å². The summed E-state index contributed by atoms with van der Waals surface area (Å²) in [5.74, 6) is -2.60. The van der Waals surface area contributed by atoms with Crippen molar-refractivity contribution in [3.8, 4) is 0 Å². The molecular formula is C16H19NO5. The van der Waals surface area contributed by atoms with Crippen LogP contribution in [0.15, 0.2) is 30.3 Å². The minimum atomic E-state index is -1.82. The van der Waals surface area contributed by atoms with Crippen LogP contribution < -0.4 is 5.32 Å². The van der Waals surface area contributed by atoms with Crippen molar-refractivity contribution in [2.45, 2.75) is 31.7 Å². The summed E-state index contributed by atoms with van der Waals surface area (Å²) in [6.07, 6.45) is 0.0294. The van der Waals surface area contributed by atoms with Gasteiger partial charge in [-0.05, 0) is 19.4 Å². The standard InChI is InChI=1S/C16H19NO5/c1-3-21-14(19)16(15(20)22-4-2)12(10-13(18)17-16)11-8-6-5-7-9-11/h5-9,12H,3-4,10H2,1-2H3,(H,17,18)/t12-/m1/s1. The van der Waals surface area contributed by atoms with Crippen LogP contribution in [0.1, 0.15) is 31.7 Å². The number of hydrogen-bond donors (Lipinski definition) is 1. The third kappa shape index (κ3) is 2.68. The lowest BCUT2D eigenvalue weighted by Crippen LogP contribution is -2.59. The van der Waals surface area contributed by atoms with Crippen LogP contribution in [0.4, 0.5) is 0 Å². The van der Waals surface area contributed by atoms with Gasteiger partial charge in [-0.25, -0.2) is 9.59 Å². The molecule has 0 unspecified atom stereocenters. The largest absolute Gasteiger partial charge is 0.464 e. The van der Waals surface area contributed by atoms with Gasteiger partial charge in [0, 0.05) is 12.3 Å². The number of benzene rings is 1. The van der Waals surface area contributed by atoms with E-state index in [0.29, 0.717) is 5.56 Å². The minimum absolute atomic E-state index is 0.0294. The smallest absolute Gasteiger partial charge is 0.344 e. The molecule has 1 aliphatic rings. The fourth-order valence-corrected chi connectivity index (χ4v) is 2.71. The van der Waals surface area contributed by atoms with Crippen LogP contribution in [-0.4, -0.2) is 36.6 Å². The SMILES string of the molecule is CCOC(=O)C1(C(=O)OCC)NC(=O)C[C@@H]1c1ccccc1. The molecule has 0 aromatic heterocycles. The van der Waals surface area contributed by atoms with E-state index < -0.39 is 23.4 Å². The summed E-state index contributed by atoms with van der Waals surface area (Å²) in [7, 11) is 0. The highest BCUT2D eigenvalue weighted by molar-refractivity contribution is 6.11. The predicted molar refractivity (Wildman–Crippen MR) is 77.9 cm³/mol. The molecule has 1 aromatic carbocycles. The van der Waals surface area contributed by atoms with Gasteiger partial charge in [-0.3, -0.25) is 4.79 Å². The van der Waals surface area contributed by atoms with Gasteiger partial charge in [0.25, 0.3) is 0 Å². The number of rotatable bonds is 5. The highest BCUT2D eigenvalue weighted by Gasteiger charge is 2.61. The topological polar surface area (TPSA) is 81.7 Å². The molecule has 22 heavy (non-hydrogen) atoms. The van der Waals surface area contributed by atoms with Crippen molar-refractivity contribution in [3.63, 3.8) is 0 Å². The Hall–Kier alpha value is -2.37. The summed E-state index contributed by atoms with van der Waals surface area (Å²) < 4.78 is 10.1. The second kappa shape index (κ2) is 6.60. The summed E-state index contributed by atoms with van der Waals surface area (Å²) in [6.45, 7) is 3.50. The van der Waals surface area contributed by atoms with Crippen LogP contribution in [0.5, 0.6) is 0 Å². The third-order valence-electron chi connectivity index (χ3n) is 3.65. The molecule has 6 nitrogen and oxygen atoms in total. The van der Waals surface area contributed by atoms with Crippen LogP contribution in [0.3, 0.4) is 0 Å². The molecule has 0 saturated carbocycles. The van der Waals surface area contributed by atoms with Gasteiger partial charge in [0.05, 0.1) is 13.2 Å². The zero-order chi connectivity index (χ0) is 16.2. The van der Waals surface area contributed by atoms with Crippen molar-refractivity contribution in [1.29, 1.82) is 0 Å². The molecule has 1 amide bonds. The molecule has 1 atom stereocenters. The highest BCUT2D eigenvalue weighted by Crippen LogP contribution is 2.38. The molecule has 1 aromatic rings. The van der Waals surface area contributed by atoms with E-state index >= 15 is 0 Å². The number of nitrogens with one attached hydrogen (secondary N) is 1. The lowest BCUT2D eigenvalue weighted by Gasteiger charge is -2.30. The van der Waals surface area contributed by atoms with Crippen LogP contribution in [0.25, 0.3) is 0 Å². The van der Waals surface area contributed by atoms with Crippen molar-refractivity contribution >= 4 is 17.8 Å². The Morgan fingerprint density at radius 2 is 1.68 bits per heavy atom. The van der Waals surface area contributed by atoms with Crippen molar-refractivity contribution in [2.24, 2.45) is 0 Å². The zero-order valence-corrected chi connectivity index (χ0v) is 12.6. The van der Waals surface area contributed by atoms with E-state index in [1.54, 1.807) is 38.1 Å². The molecule has 2 rings (SSSR count). The quantitative estimate of drug-likeness (QED) is 0.652. The fraction of sp³-hybridized carbons (Fsp3) is 0.438. The summed E-state index contributed by atoms with van der Waals surface area (Å²) in [5.41, 5.74) is -1.10. The van der Waals surface area contributed by atoms with Crippen LogP contribution >= 0.6 is 0 Å². The molecular weight excluding hydrogens is 286 g/mol. The summed E-state index contributed by atoms with van der Waals surface area (Å²) in [4.78, 5) is 36.9. The van der Waals surface area contributed by atoms with Crippen molar-refractivity contribution in [3.05, 3.63) is 35.9 Å². The first-order chi connectivity index (χ1) is 10.6. The Bertz CT molecular complexity index is 551. The number of amides is 1. The van der Waals surface area contributed by atoms with E-state index in [1.165, 1.54) is 0 Å².